The Hall–Kier alpha value is -2.88. The van der Waals surface area contributed by atoms with E-state index in [0.29, 0.717) is 21.7 Å². The maximum absolute atomic E-state index is 13.9. The van der Waals surface area contributed by atoms with Crippen LogP contribution in [0.1, 0.15) is 31.9 Å². The maximum Gasteiger partial charge on any atom is 0.264 e. The van der Waals surface area contributed by atoms with E-state index in [1.54, 1.807) is 67.6 Å². The third kappa shape index (κ3) is 8.30. The molecule has 0 aliphatic heterocycles. The molecular weight excluding hydrogens is 602 g/mol. The lowest BCUT2D eigenvalue weighted by molar-refractivity contribution is -0.139. The van der Waals surface area contributed by atoms with Crippen LogP contribution in [0.5, 0.6) is 0 Å². The number of carbonyl (C=O) groups excluding carboxylic acids is 2. The summed E-state index contributed by atoms with van der Waals surface area (Å²) < 4.78 is 29.4. The van der Waals surface area contributed by atoms with Crippen molar-refractivity contribution in [3.63, 3.8) is 0 Å². The highest BCUT2D eigenvalue weighted by Gasteiger charge is 2.32. The number of sulfonamides is 1. The Bertz CT molecular complexity index is 1400. The van der Waals surface area contributed by atoms with Crippen molar-refractivity contribution >= 4 is 55.1 Å². The van der Waals surface area contributed by atoms with Gasteiger partial charge in [0.05, 0.1) is 10.6 Å². The molecule has 0 radical (unpaired) electrons. The molecule has 0 spiro atoms. The summed E-state index contributed by atoms with van der Waals surface area (Å²) in [5, 5.41) is 3.42. The highest BCUT2D eigenvalue weighted by atomic mass is 79.9. The molecule has 2 amide bonds. The van der Waals surface area contributed by atoms with Gasteiger partial charge < -0.3 is 10.2 Å². The Morgan fingerprint density at radius 3 is 2.21 bits per heavy atom. The minimum absolute atomic E-state index is 0.0628. The average Bonchev–Trinajstić information content (AvgIpc) is 2.89. The number of hydrogen-bond donors (Lipinski definition) is 1. The van der Waals surface area contributed by atoms with Crippen LogP contribution in [0.25, 0.3) is 0 Å². The number of benzene rings is 3. The lowest BCUT2D eigenvalue weighted by Crippen LogP contribution is -2.51. The van der Waals surface area contributed by atoms with Crippen molar-refractivity contribution in [2.24, 2.45) is 5.92 Å². The Balaban J connectivity index is 2.01. The molecule has 208 valence electrons. The number of anilines is 1. The molecule has 0 fully saturated rings. The van der Waals surface area contributed by atoms with E-state index in [1.165, 1.54) is 17.0 Å². The fourth-order valence-corrected chi connectivity index (χ4v) is 5.74. The third-order valence-electron chi connectivity index (χ3n) is 6.10. The van der Waals surface area contributed by atoms with Gasteiger partial charge in [0.25, 0.3) is 10.0 Å². The number of rotatable bonds is 11. The van der Waals surface area contributed by atoms with Crippen LogP contribution < -0.4 is 9.62 Å². The van der Waals surface area contributed by atoms with Gasteiger partial charge in [0, 0.05) is 22.6 Å². The first kappa shape index (κ1) is 30.7. The van der Waals surface area contributed by atoms with E-state index in [4.69, 9.17) is 11.6 Å². The number of aryl methyl sites for hydroxylation is 1. The summed E-state index contributed by atoms with van der Waals surface area (Å²) >= 11 is 9.44. The topological polar surface area (TPSA) is 86.8 Å². The summed E-state index contributed by atoms with van der Waals surface area (Å²) in [5.41, 5.74) is 1.99. The lowest BCUT2D eigenvalue weighted by Gasteiger charge is -2.32. The molecule has 0 aromatic heterocycles. The molecule has 0 heterocycles. The summed E-state index contributed by atoms with van der Waals surface area (Å²) in [4.78, 5) is 28.4. The second-order valence-electron chi connectivity index (χ2n) is 9.77. The third-order valence-corrected chi connectivity index (χ3v) is 8.64. The molecule has 1 unspecified atom stereocenters. The molecule has 3 rings (SSSR count). The zero-order valence-electron chi connectivity index (χ0n) is 22.4. The predicted molar refractivity (Wildman–Crippen MR) is 159 cm³/mol. The monoisotopic (exact) mass is 633 g/mol. The molecule has 0 bridgehead atoms. The first-order chi connectivity index (χ1) is 18.4. The molecule has 0 aliphatic rings. The van der Waals surface area contributed by atoms with E-state index in [1.807, 2.05) is 20.8 Å². The van der Waals surface area contributed by atoms with Crippen molar-refractivity contribution in [1.82, 2.24) is 10.2 Å². The number of halogens is 2. The highest BCUT2D eigenvalue weighted by molar-refractivity contribution is 9.10. The number of nitrogens with one attached hydrogen (secondary N) is 1. The minimum atomic E-state index is -4.12. The van der Waals surface area contributed by atoms with E-state index in [-0.39, 0.29) is 23.3 Å². The Labute approximate surface area is 244 Å². The zero-order chi connectivity index (χ0) is 28.7. The molecule has 0 aliphatic carbocycles. The quantitative estimate of drug-likeness (QED) is 0.289. The molecule has 0 saturated carbocycles. The molecule has 7 nitrogen and oxygen atoms in total. The van der Waals surface area contributed by atoms with Crippen molar-refractivity contribution in [2.45, 2.75) is 45.2 Å². The Kier molecular flexibility index (Phi) is 10.6. The second kappa shape index (κ2) is 13.5. The van der Waals surface area contributed by atoms with Crippen molar-refractivity contribution in [3.05, 3.63) is 93.4 Å². The van der Waals surface area contributed by atoms with Crippen molar-refractivity contribution in [2.75, 3.05) is 17.4 Å². The van der Waals surface area contributed by atoms with Crippen LogP contribution in [0.2, 0.25) is 5.02 Å². The van der Waals surface area contributed by atoms with Gasteiger partial charge in [-0.2, -0.15) is 0 Å². The van der Waals surface area contributed by atoms with Gasteiger partial charge in [0.15, 0.2) is 0 Å². The number of carbonyl (C=O) groups is 2. The highest BCUT2D eigenvalue weighted by Crippen LogP contribution is 2.27. The minimum Gasteiger partial charge on any atom is -0.354 e. The van der Waals surface area contributed by atoms with Crippen LogP contribution in [0.15, 0.2) is 82.2 Å². The summed E-state index contributed by atoms with van der Waals surface area (Å²) in [7, 11) is -4.12. The van der Waals surface area contributed by atoms with E-state index < -0.39 is 28.5 Å². The first-order valence-corrected chi connectivity index (χ1v) is 15.2. The molecule has 10 heteroatoms. The molecule has 39 heavy (non-hydrogen) atoms. The van der Waals surface area contributed by atoms with Crippen LogP contribution in [0.4, 0.5) is 5.69 Å². The second-order valence-corrected chi connectivity index (χ2v) is 13.0. The SMILES string of the molecule is Cc1ccc(S(=O)(=O)N(CC(=O)N(Cc2ccc(Cl)cc2)C(C)C(=O)NCC(C)C)c2cccc(Br)c2)cc1. The summed E-state index contributed by atoms with van der Waals surface area (Å²) in [6.07, 6.45) is 0. The summed E-state index contributed by atoms with van der Waals surface area (Å²) in [5.74, 6) is -0.609. The number of amides is 2. The average molecular weight is 635 g/mol. The van der Waals surface area contributed by atoms with E-state index in [9.17, 15) is 18.0 Å². The van der Waals surface area contributed by atoms with Gasteiger partial charge in [0.1, 0.15) is 12.6 Å². The number of hydrogen-bond acceptors (Lipinski definition) is 4. The van der Waals surface area contributed by atoms with Gasteiger partial charge in [-0.3, -0.25) is 13.9 Å². The first-order valence-electron chi connectivity index (χ1n) is 12.5. The van der Waals surface area contributed by atoms with Crippen LogP contribution in [0.3, 0.4) is 0 Å². The van der Waals surface area contributed by atoms with Gasteiger partial charge in [-0.15, -0.1) is 0 Å². The van der Waals surface area contributed by atoms with E-state index >= 15 is 0 Å². The zero-order valence-corrected chi connectivity index (χ0v) is 25.6. The Morgan fingerprint density at radius 1 is 0.974 bits per heavy atom. The predicted octanol–water partition coefficient (Wildman–Crippen LogP) is 5.80. The molecular formula is C29H33BrClN3O4S. The van der Waals surface area contributed by atoms with Gasteiger partial charge in [-0.05, 0) is 67.8 Å². The molecule has 1 atom stereocenters. The smallest absolute Gasteiger partial charge is 0.264 e. The fourth-order valence-electron chi connectivity index (χ4n) is 3.82. The summed E-state index contributed by atoms with van der Waals surface area (Å²) in [6, 6.07) is 19.3. The van der Waals surface area contributed by atoms with Crippen LogP contribution >= 0.6 is 27.5 Å². The van der Waals surface area contributed by atoms with Gasteiger partial charge >= 0.3 is 0 Å². The van der Waals surface area contributed by atoms with Crippen molar-refractivity contribution < 1.29 is 18.0 Å². The normalized spacial score (nSPS) is 12.2. The van der Waals surface area contributed by atoms with Crippen LogP contribution in [-0.2, 0) is 26.2 Å². The molecule has 0 saturated heterocycles. The van der Waals surface area contributed by atoms with Crippen LogP contribution in [0, 0.1) is 12.8 Å². The molecule has 1 N–H and O–H groups in total. The van der Waals surface area contributed by atoms with Crippen molar-refractivity contribution in [3.8, 4) is 0 Å². The largest absolute Gasteiger partial charge is 0.354 e. The van der Waals surface area contributed by atoms with Gasteiger partial charge in [-0.1, -0.05) is 77.3 Å². The van der Waals surface area contributed by atoms with Gasteiger partial charge in [-0.25, -0.2) is 8.42 Å². The number of nitrogens with zero attached hydrogens (tertiary/aromatic N) is 2. The summed E-state index contributed by atoms with van der Waals surface area (Å²) in [6.45, 7) is 7.53. The standard InChI is InChI=1S/C29H33BrClN3O4S/c1-20(2)17-32-29(36)22(4)33(18-23-10-12-25(31)13-11-23)28(35)19-34(26-7-5-6-24(30)16-26)39(37,38)27-14-8-21(3)9-15-27/h5-16,20,22H,17-19H2,1-4H3,(H,32,36). The van der Waals surface area contributed by atoms with Gasteiger partial charge in [0.2, 0.25) is 11.8 Å². The Morgan fingerprint density at radius 2 is 1.62 bits per heavy atom. The fraction of sp³-hybridized carbons (Fsp3) is 0.310. The van der Waals surface area contributed by atoms with Crippen LogP contribution in [-0.4, -0.2) is 44.3 Å². The molecule has 3 aromatic carbocycles. The molecule has 3 aromatic rings. The maximum atomic E-state index is 13.9. The lowest BCUT2D eigenvalue weighted by atomic mass is 10.1. The van der Waals surface area contributed by atoms with E-state index in [2.05, 4.69) is 21.2 Å². The van der Waals surface area contributed by atoms with E-state index in [0.717, 1.165) is 15.4 Å². The van der Waals surface area contributed by atoms with Crippen molar-refractivity contribution in [1.29, 1.82) is 0 Å².